The van der Waals surface area contributed by atoms with E-state index in [0.717, 1.165) is 25.9 Å². The standard InChI is InChI=1S/C13H17ClFNO/c14-11-3-2-10(12(15)6-11)7-13(9-17)4-1-5-16-8-13/h2-3,6,16-17H,1,4-5,7-9H2. The zero-order valence-corrected chi connectivity index (χ0v) is 10.4. The number of aliphatic hydroxyl groups is 1. The average Bonchev–Trinajstić information content (AvgIpc) is 2.34. The number of rotatable bonds is 3. The number of hydrogen-bond donors (Lipinski definition) is 2. The monoisotopic (exact) mass is 257 g/mol. The quantitative estimate of drug-likeness (QED) is 0.872. The van der Waals surface area contributed by atoms with Crippen molar-refractivity contribution in [3.63, 3.8) is 0 Å². The minimum Gasteiger partial charge on any atom is -0.396 e. The SMILES string of the molecule is OCC1(Cc2ccc(Cl)cc2F)CCCNC1. The summed E-state index contributed by atoms with van der Waals surface area (Å²) in [4.78, 5) is 0. The van der Waals surface area contributed by atoms with E-state index < -0.39 is 0 Å². The van der Waals surface area contributed by atoms with Crippen molar-refractivity contribution in [1.29, 1.82) is 0 Å². The summed E-state index contributed by atoms with van der Waals surface area (Å²) in [6, 6.07) is 4.74. The van der Waals surface area contributed by atoms with Crippen molar-refractivity contribution in [1.82, 2.24) is 5.32 Å². The maximum atomic E-state index is 13.7. The largest absolute Gasteiger partial charge is 0.396 e. The van der Waals surface area contributed by atoms with Gasteiger partial charge in [0.2, 0.25) is 0 Å². The first-order chi connectivity index (χ1) is 8.15. The minimum absolute atomic E-state index is 0.0854. The van der Waals surface area contributed by atoms with E-state index in [1.54, 1.807) is 12.1 Å². The van der Waals surface area contributed by atoms with Crippen molar-refractivity contribution in [3.05, 3.63) is 34.6 Å². The molecule has 4 heteroatoms. The summed E-state index contributed by atoms with van der Waals surface area (Å²) >= 11 is 5.73. The molecule has 1 heterocycles. The molecule has 0 saturated carbocycles. The average molecular weight is 258 g/mol. The van der Waals surface area contributed by atoms with Crippen LogP contribution in [0.4, 0.5) is 4.39 Å². The van der Waals surface area contributed by atoms with Gasteiger partial charge in [-0.2, -0.15) is 0 Å². The van der Waals surface area contributed by atoms with Gasteiger partial charge in [0.25, 0.3) is 0 Å². The Kier molecular flexibility index (Phi) is 4.02. The normalized spacial score (nSPS) is 24.9. The maximum Gasteiger partial charge on any atom is 0.127 e. The molecule has 2 nitrogen and oxygen atoms in total. The van der Waals surface area contributed by atoms with E-state index in [0.29, 0.717) is 17.0 Å². The fourth-order valence-electron chi connectivity index (χ4n) is 2.44. The second-order valence-electron chi connectivity index (χ2n) is 4.85. The molecule has 1 saturated heterocycles. The molecule has 0 aliphatic carbocycles. The van der Waals surface area contributed by atoms with Gasteiger partial charge in [0.05, 0.1) is 6.61 Å². The molecule has 2 N–H and O–H groups in total. The first kappa shape index (κ1) is 12.8. The van der Waals surface area contributed by atoms with Crippen molar-refractivity contribution in [2.75, 3.05) is 19.7 Å². The van der Waals surface area contributed by atoms with Gasteiger partial charge in [0, 0.05) is 17.0 Å². The van der Waals surface area contributed by atoms with Crippen molar-refractivity contribution in [2.24, 2.45) is 5.41 Å². The van der Waals surface area contributed by atoms with E-state index in [1.165, 1.54) is 6.07 Å². The molecule has 1 aliphatic heterocycles. The van der Waals surface area contributed by atoms with Crippen LogP contribution in [0, 0.1) is 11.2 Å². The van der Waals surface area contributed by atoms with E-state index in [4.69, 9.17) is 11.6 Å². The first-order valence-electron chi connectivity index (χ1n) is 5.91. The summed E-state index contributed by atoms with van der Waals surface area (Å²) in [5.41, 5.74) is 0.402. The van der Waals surface area contributed by atoms with Crippen LogP contribution in [0.25, 0.3) is 0 Å². The maximum absolute atomic E-state index is 13.7. The Morgan fingerprint density at radius 3 is 2.88 bits per heavy atom. The number of piperidine rings is 1. The highest BCUT2D eigenvalue weighted by Gasteiger charge is 2.32. The van der Waals surface area contributed by atoms with Crippen LogP contribution in [0.15, 0.2) is 18.2 Å². The highest BCUT2D eigenvalue weighted by atomic mass is 35.5. The summed E-state index contributed by atoms with van der Waals surface area (Å²) < 4.78 is 13.7. The van der Waals surface area contributed by atoms with Gasteiger partial charge in [-0.3, -0.25) is 0 Å². The molecule has 1 aromatic rings. The number of hydrogen-bond acceptors (Lipinski definition) is 2. The van der Waals surface area contributed by atoms with E-state index in [-0.39, 0.29) is 17.8 Å². The lowest BCUT2D eigenvalue weighted by atomic mass is 9.76. The zero-order chi connectivity index (χ0) is 12.3. The van der Waals surface area contributed by atoms with Crippen LogP contribution in [-0.4, -0.2) is 24.8 Å². The van der Waals surface area contributed by atoms with Gasteiger partial charge < -0.3 is 10.4 Å². The fraction of sp³-hybridized carbons (Fsp3) is 0.538. The summed E-state index contributed by atoms with van der Waals surface area (Å²) in [5, 5.41) is 13.2. The Hall–Kier alpha value is -0.640. The van der Waals surface area contributed by atoms with Crippen LogP contribution in [0.1, 0.15) is 18.4 Å². The molecule has 1 unspecified atom stereocenters. The number of halogens is 2. The van der Waals surface area contributed by atoms with Gasteiger partial charge in [-0.15, -0.1) is 0 Å². The Balaban J connectivity index is 2.17. The second-order valence-corrected chi connectivity index (χ2v) is 5.29. The number of nitrogens with one attached hydrogen (secondary N) is 1. The van der Waals surface area contributed by atoms with Crippen LogP contribution in [0.3, 0.4) is 0 Å². The molecule has 17 heavy (non-hydrogen) atoms. The molecule has 0 amide bonds. The smallest absolute Gasteiger partial charge is 0.127 e. The van der Waals surface area contributed by atoms with Crippen molar-refractivity contribution in [2.45, 2.75) is 19.3 Å². The highest BCUT2D eigenvalue weighted by Crippen LogP contribution is 2.31. The van der Waals surface area contributed by atoms with Gasteiger partial charge in [-0.1, -0.05) is 17.7 Å². The van der Waals surface area contributed by atoms with Crippen LogP contribution in [0.5, 0.6) is 0 Å². The third kappa shape index (κ3) is 2.97. The summed E-state index contributed by atoms with van der Waals surface area (Å²) in [6.07, 6.45) is 2.51. The molecule has 1 fully saturated rings. The molecule has 1 atom stereocenters. The zero-order valence-electron chi connectivity index (χ0n) is 9.68. The molecular weight excluding hydrogens is 241 g/mol. The van der Waals surface area contributed by atoms with E-state index in [9.17, 15) is 9.50 Å². The Morgan fingerprint density at radius 2 is 2.29 bits per heavy atom. The Bertz CT molecular complexity index is 391. The van der Waals surface area contributed by atoms with Gasteiger partial charge >= 0.3 is 0 Å². The Morgan fingerprint density at radius 1 is 1.47 bits per heavy atom. The third-order valence-electron chi connectivity index (χ3n) is 3.48. The highest BCUT2D eigenvalue weighted by molar-refractivity contribution is 6.30. The van der Waals surface area contributed by atoms with E-state index in [1.807, 2.05) is 0 Å². The van der Waals surface area contributed by atoms with Crippen LogP contribution in [0.2, 0.25) is 5.02 Å². The lowest BCUT2D eigenvalue weighted by Crippen LogP contribution is -2.44. The topological polar surface area (TPSA) is 32.3 Å². The van der Waals surface area contributed by atoms with Crippen molar-refractivity contribution < 1.29 is 9.50 Å². The fourth-order valence-corrected chi connectivity index (χ4v) is 2.60. The summed E-state index contributed by atoms with van der Waals surface area (Å²) in [6.45, 7) is 1.80. The minimum atomic E-state index is -0.282. The van der Waals surface area contributed by atoms with Gasteiger partial charge in [-0.05, 0) is 43.5 Å². The lowest BCUT2D eigenvalue weighted by molar-refractivity contribution is 0.0939. The molecule has 1 aromatic carbocycles. The van der Waals surface area contributed by atoms with Gasteiger partial charge in [-0.25, -0.2) is 4.39 Å². The molecule has 0 bridgehead atoms. The van der Waals surface area contributed by atoms with Gasteiger partial charge in [0.15, 0.2) is 0 Å². The molecule has 94 valence electrons. The van der Waals surface area contributed by atoms with Gasteiger partial charge in [0.1, 0.15) is 5.82 Å². The predicted octanol–water partition coefficient (Wildman–Crippen LogP) is 2.38. The molecular formula is C13H17ClFNO. The number of aliphatic hydroxyl groups excluding tert-OH is 1. The molecule has 0 radical (unpaired) electrons. The van der Waals surface area contributed by atoms with Crippen LogP contribution < -0.4 is 5.32 Å². The predicted molar refractivity (Wildman–Crippen MR) is 66.7 cm³/mol. The molecule has 1 aliphatic rings. The first-order valence-corrected chi connectivity index (χ1v) is 6.29. The van der Waals surface area contributed by atoms with E-state index >= 15 is 0 Å². The van der Waals surface area contributed by atoms with Crippen molar-refractivity contribution >= 4 is 11.6 Å². The molecule has 0 spiro atoms. The third-order valence-corrected chi connectivity index (χ3v) is 3.71. The van der Waals surface area contributed by atoms with E-state index in [2.05, 4.69) is 5.32 Å². The second kappa shape index (κ2) is 5.34. The summed E-state index contributed by atoms with van der Waals surface area (Å²) in [7, 11) is 0. The molecule has 0 aromatic heterocycles. The number of benzene rings is 1. The summed E-state index contributed by atoms with van der Waals surface area (Å²) in [5.74, 6) is -0.282. The van der Waals surface area contributed by atoms with Crippen molar-refractivity contribution in [3.8, 4) is 0 Å². The Labute approximate surface area is 106 Å². The van der Waals surface area contributed by atoms with Crippen LogP contribution in [-0.2, 0) is 6.42 Å². The van der Waals surface area contributed by atoms with Crippen LogP contribution >= 0.6 is 11.6 Å². The molecule has 2 rings (SSSR count). The lowest BCUT2D eigenvalue weighted by Gasteiger charge is -2.36.